The van der Waals surface area contributed by atoms with Crippen LogP contribution in [0.4, 0.5) is 13.2 Å². The van der Waals surface area contributed by atoms with Crippen LogP contribution in [0.1, 0.15) is 20.7 Å². The number of alkyl halides is 4. The molecule has 17 heavy (non-hydrogen) atoms. The topological polar surface area (TPSA) is 74.6 Å². The van der Waals surface area contributed by atoms with E-state index in [9.17, 15) is 22.8 Å². The van der Waals surface area contributed by atoms with Crippen LogP contribution < -0.4 is 0 Å². The van der Waals surface area contributed by atoms with Crippen molar-refractivity contribution in [3.05, 3.63) is 35.4 Å². The van der Waals surface area contributed by atoms with E-state index in [1.807, 2.05) is 0 Å². The van der Waals surface area contributed by atoms with Crippen molar-refractivity contribution in [2.75, 3.05) is 0 Å². The molecule has 0 radical (unpaired) electrons. The molecule has 0 aliphatic carbocycles. The third-order valence-electron chi connectivity index (χ3n) is 1.38. The van der Waals surface area contributed by atoms with E-state index in [1.54, 1.807) is 0 Å². The Balaban J connectivity index is 0.000000437. The zero-order valence-electron chi connectivity index (χ0n) is 8.03. The normalized spacial score (nSPS) is 10.1. The fourth-order valence-corrected chi connectivity index (χ4v) is 0.755. The minimum Gasteiger partial charge on any atom is -0.478 e. The van der Waals surface area contributed by atoms with Crippen LogP contribution in [-0.2, 0) is 0 Å². The first-order valence-corrected chi connectivity index (χ1v) is 4.31. The molecule has 0 heterocycles. The van der Waals surface area contributed by atoms with E-state index in [0.29, 0.717) is 0 Å². The molecule has 0 saturated carbocycles. The molecule has 0 saturated heterocycles. The number of carboxylic acids is 2. The van der Waals surface area contributed by atoms with Gasteiger partial charge in [-0.05, 0) is 35.9 Å². The largest absolute Gasteiger partial charge is 0.478 e. The SMILES string of the molecule is FC(F)(F)Cl.O=C(O)c1ccc(C(=O)O)cc1. The minimum absolute atomic E-state index is 0.0833. The Morgan fingerprint density at radius 1 is 0.941 bits per heavy atom. The Bertz CT molecular complexity index is 361. The highest BCUT2D eigenvalue weighted by Gasteiger charge is 2.20. The van der Waals surface area contributed by atoms with Crippen molar-refractivity contribution in [1.29, 1.82) is 0 Å². The molecule has 0 aromatic heterocycles. The summed E-state index contributed by atoms with van der Waals surface area (Å²) in [4.78, 5) is 20.7. The maximum atomic E-state index is 10.3. The van der Waals surface area contributed by atoms with Crippen LogP contribution >= 0.6 is 11.6 Å². The van der Waals surface area contributed by atoms with E-state index in [4.69, 9.17) is 10.2 Å². The lowest BCUT2D eigenvalue weighted by Crippen LogP contribution is -1.99. The maximum Gasteiger partial charge on any atom is 0.475 e. The molecule has 94 valence electrons. The Hall–Kier alpha value is -1.76. The molecular weight excluding hydrogens is 265 g/mol. The van der Waals surface area contributed by atoms with Gasteiger partial charge in [0.15, 0.2) is 0 Å². The van der Waals surface area contributed by atoms with Gasteiger partial charge < -0.3 is 10.2 Å². The van der Waals surface area contributed by atoms with Gasteiger partial charge in [-0.2, -0.15) is 13.2 Å². The number of hydrogen-bond acceptors (Lipinski definition) is 2. The van der Waals surface area contributed by atoms with Gasteiger partial charge in [-0.15, -0.1) is 0 Å². The molecule has 4 nitrogen and oxygen atoms in total. The average Bonchev–Trinajstić information content (AvgIpc) is 2.15. The average molecular weight is 271 g/mol. The van der Waals surface area contributed by atoms with Crippen molar-refractivity contribution in [1.82, 2.24) is 0 Å². The highest BCUT2D eigenvalue weighted by atomic mass is 35.5. The maximum absolute atomic E-state index is 10.3. The molecule has 0 fully saturated rings. The molecule has 0 bridgehead atoms. The predicted octanol–water partition coefficient (Wildman–Crippen LogP) is 2.83. The minimum atomic E-state index is -4.53. The summed E-state index contributed by atoms with van der Waals surface area (Å²) in [6, 6.07) is 5.02. The molecule has 0 unspecified atom stereocenters. The number of hydrogen-bond donors (Lipinski definition) is 2. The molecule has 1 rings (SSSR count). The Morgan fingerprint density at radius 3 is 1.24 bits per heavy atom. The van der Waals surface area contributed by atoms with Gasteiger partial charge in [-0.1, -0.05) is 0 Å². The van der Waals surface area contributed by atoms with Gasteiger partial charge in [0.1, 0.15) is 0 Å². The van der Waals surface area contributed by atoms with Gasteiger partial charge in [-0.3, -0.25) is 0 Å². The van der Waals surface area contributed by atoms with Crippen molar-refractivity contribution in [2.24, 2.45) is 0 Å². The van der Waals surface area contributed by atoms with Gasteiger partial charge in [0.2, 0.25) is 0 Å². The molecule has 0 aliphatic heterocycles. The Morgan fingerprint density at radius 2 is 1.12 bits per heavy atom. The summed E-state index contributed by atoms with van der Waals surface area (Å²) in [5.41, 5.74) is -4.36. The van der Waals surface area contributed by atoms with Gasteiger partial charge in [0, 0.05) is 0 Å². The zero-order chi connectivity index (χ0) is 13.6. The van der Waals surface area contributed by atoms with E-state index >= 15 is 0 Å². The van der Waals surface area contributed by atoms with Crippen molar-refractivity contribution in [3.63, 3.8) is 0 Å². The lowest BCUT2D eigenvalue weighted by Gasteiger charge is -1.94. The van der Waals surface area contributed by atoms with Crippen LogP contribution in [0.25, 0.3) is 0 Å². The second-order valence-corrected chi connectivity index (χ2v) is 3.04. The summed E-state index contributed by atoms with van der Waals surface area (Å²) in [7, 11) is 0. The second-order valence-electron chi connectivity index (χ2n) is 2.62. The predicted molar refractivity (Wildman–Crippen MR) is 52.3 cm³/mol. The number of aromatic carboxylic acids is 2. The Labute approximate surface area is 98.2 Å². The standard InChI is InChI=1S/C8H6O4.CClF3/c9-7(10)5-1-2-6(4-3-5)8(11)12;2-1(3,4)5/h1-4H,(H,9,10)(H,11,12);. The van der Waals surface area contributed by atoms with Crippen LogP contribution in [0.5, 0.6) is 0 Å². The van der Waals surface area contributed by atoms with Crippen LogP contribution in [0.2, 0.25) is 0 Å². The van der Waals surface area contributed by atoms with E-state index < -0.39 is 17.6 Å². The van der Waals surface area contributed by atoms with Crippen LogP contribution in [0.3, 0.4) is 0 Å². The molecule has 1 aromatic carbocycles. The lowest BCUT2D eigenvalue weighted by atomic mass is 10.1. The molecule has 1 aromatic rings. The fourth-order valence-electron chi connectivity index (χ4n) is 0.755. The first-order valence-electron chi connectivity index (χ1n) is 3.93. The van der Waals surface area contributed by atoms with Crippen LogP contribution in [-0.4, -0.2) is 27.8 Å². The van der Waals surface area contributed by atoms with Crippen molar-refractivity contribution >= 4 is 23.5 Å². The molecule has 2 N–H and O–H groups in total. The first kappa shape index (κ1) is 15.2. The number of carboxylic acid groups (broad SMARTS) is 2. The van der Waals surface area contributed by atoms with Crippen LogP contribution in [0.15, 0.2) is 24.3 Å². The van der Waals surface area contributed by atoms with Crippen molar-refractivity contribution in [3.8, 4) is 0 Å². The monoisotopic (exact) mass is 270 g/mol. The quantitative estimate of drug-likeness (QED) is 0.810. The summed E-state index contributed by atoms with van der Waals surface area (Å²) in [6.45, 7) is 0. The molecule has 0 aliphatic rings. The van der Waals surface area contributed by atoms with E-state index in [2.05, 4.69) is 11.6 Å². The molecular formula is C9H6ClF3O4. The summed E-state index contributed by atoms with van der Waals surface area (Å²) in [5, 5.41) is 16.9. The van der Waals surface area contributed by atoms with Gasteiger partial charge in [-0.25, -0.2) is 9.59 Å². The summed E-state index contributed by atoms with van der Waals surface area (Å²) < 4.78 is 30.4. The van der Waals surface area contributed by atoms with Gasteiger partial charge in [0.05, 0.1) is 11.1 Å². The summed E-state index contributed by atoms with van der Waals surface area (Å²) >= 11 is 3.53. The molecule has 0 amide bonds. The van der Waals surface area contributed by atoms with E-state index in [1.165, 1.54) is 24.3 Å². The third-order valence-corrected chi connectivity index (χ3v) is 1.38. The third kappa shape index (κ3) is 8.09. The van der Waals surface area contributed by atoms with Gasteiger partial charge in [0.25, 0.3) is 0 Å². The highest BCUT2D eigenvalue weighted by Crippen LogP contribution is 2.18. The molecule has 0 atom stereocenters. The first-order chi connectivity index (χ1) is 7.61. The number of rotatable bonds is 2. The number of carbonyl (C=O) groups is 2. The fraction of sp³-hybridized carbons (Fsp3) is 0.111. The number of halogens is 4. The zero-order valence-corrected chi connectivity index (χ0v) is 8.79. The van der Waals surface area contributed by atoms with Crippen molar-refractivity contribution < 1.29 is 33.0 Å². The lowest BCUT2D eigenvalue weighted by molar-refractivity contribution is -0.0420. The summed E-state index contributed by atoms with van der Waals surface area (Å²) in [6.07, 6.45) is 0. The Kier molecular flexibility index (Phi) is 5.46. The second kappa shape index (κ2) is 6.09. The van der Waals surface area contributed by atoms with Crippen molar-refractivity contribution in [2.45, 2.75) is 5.64 Å². The van der Waals surface area contributed by atoms with E-state index in [0.717, 1.165) is 0 Å². The number of benzene rings is 1. The summed E-state index contributed by atoms with van der Waals surface area (Å²) in [5.74, 6) is -2.13. The smallest absolute Gasteiger partial charge is 0.475 e. The van der Waals surface area contributed by atoms with Gasteiger partial charge >= 0.3 is 17.6 Å². The highest BCUT2D eigenvalue weighted by molar-refractivity contribution is 6.20. The van der Waals surface area contributed by atoms with Crippen LogP contribution in [0, 0.1) is 0 Å². The molecule has 8 heteroatoms. The van der Waals surface area contributed by atoms with E-state index in [-0.39, 0.29) is 11.1 Å². The molecule has 0 spiro atoms.